The van der Waals surface area contributed by atoms with Crippen LogP contribution in [0.1, 0.15) is 0 Å². The zero-order valence-corrected chi connectivity index (χ0v) is 15.7. The van der Waals surface area contributed by atoms with E-state index >= 15 is 0 Å². The third-order valence-corrected chi connectivity index (χ3v) is 5.14. The summed E-state index contributed by atoms with van der Waals surface area (Å²) in [5, 5.41) is 1.10. The largest absolute Gasteiger partial charge is 0.248 e. The van der Waals surface area contributed by atoms with E-state index in [2.05, 4.69) is 48.5 Å². The zero-order chi connectivity index (χ0) is 19.6. The molecule has 29 heavy (non-hydrogen) atoms. The van der Waals surface area contributed by atoms with Crippen molar-refractivity contribution in [3.63, 3.8) is 0 Å². The molecule has 2 heteroatoms. The summed E-state index contributed by atoms with van der Waals surface area (Å²) >= 11 is 0. The van der Waals surface area contributed by atoms with Crippen molar-refractivity contribution in [2.45, 2.75) is 0 Å². The van der Waals surface area contributed by atoms with Crippen molar-refractivity contribution in [3.05, 3.63) is 115 Å². The van der Waals surface area contributed by atoms with E-state index in [1.54, 1.807) is 12.1 Å². The molecule has 0 bridgehead atoms. The number of nitrogens with zero attached hydrogens (tertiary/aromatic N) is 1. The molecule has 0 amide bonds. The van der Waals surface area contributed by atoms with Crippen LogP contribution < -0.4 is 0 Å². The Morgan fingerprint density at radius 3 is 1.83 bits per heavy atom. The van der Waals surface area contributed by atoms with E-state index in [9.17, 15) is 4.39 Å². The summed E-state index contributed by atoms with van der Waals surface area (Å²) in [5.74, 6) is -0.245. The molecular weight excluding hydrogens is 357 g/mol. The minimum Gasteiger partial charge on any atom is -0.248 e. The number of fused-ring (bicyclic) bond motifs is 1. The molecule has 0 aliphatic carbocycles. The fraction of sp³-hybridized carbons (Fsp3) is 0. The molecule has 0 aliphatic rings. The van der Waals surface area contributed by atoms with Gasteiger partial charge < -0.3 is 0 Å². The molecule has 138 valence electrons. The average molecular weight is 375 g/mol. The predicted molar refractivity (Wildman–Crippen MR) is 118 cm³/mol. The molecule has 0 N–H and O–H groups in total. The molecule has 0 saturated carbocycles. The maximum Gasteiger partial charge on any atom is 0.123 e. The molecule has 0 radical (unpaired) electrons. The van der Waals surface area contributed by atoms with Crippen molar-refractivity contribution in [1.82, 2.24) is 4.98 Å². The fourth-order valence-electron chi connectivity index (χ4n) is 3.66. The average Bonchev–Trinajstić information content (AvgIpc) is 2.80. The van der Waals surface area contributed by atoms with E-state index in [1.807, 2.05) is 36.4 Å². The molecule has 0 saturated heterocycles. The van der Waals surface area contributed by atoms with Crippen molar-refractivity contribution in [1.29, 1.82) is 0 Å². The number of rotatable bonds is 3. The molecular formula is C27H18FN. The Morgan fingerprint density at radius 1 is 0.517 bits per heavy atom. The van der Waals surface area contributed by atoms with Gasteiger partial charge in [0.1, 0.15) is 5.82 Å². The Hall–Kier alpha value is -3.78. The Balaban J connectivity index is 1.76. The lowest BCUT2D eigenvalue weighted by atomic mass is 9.95. The standard InChI is InChI=1S/C27H18FN/c28-23-14-11-21(12-15-23)27-18-24(20-9-5-2-6-10-20)25-17-22(13-16-26(25)29-27)19-7-3-1-4-8-19/h1-18H. The van der Waals surface area contributed by atoms with Gasteiger partial charge >= 0.3 is 0 Å². The minimum absolute atomic E-state index is 0.245. The van der Waals surface area contributed by atoms with Crippen molar-refractivity contribution >= 4 is 10.9 Å². The predicted octanol–water partition coefficient (Wildman–Crippen LogP) is 7.37. The monoisotopic (exact) mass is 375 g/mol. The van der Waals surface area contributed by atoms with Crippen LogP contribution in [0, 0.1) is 5.82 Å². The molecule has 0 unspecified atom stereocenters. The first-order valence-corrected chi connectivity index (χ1v) is 9.59. The van der Waals surface area contributed by atoms with Crippen molar-refractivity contribution in [2.24, 2.45) is 0 Å². The highest BCUT2D eigenvalue weighted by Crippen LogP contribution is 2.34. The summed E-state index contributed by atoms with van der Waals surface area (Å²) in [6.45, 7) is 0. The van der Waals surface area contributed by atoms with Gasteiger partial charge in [-0.3, -0.25) is 0 Å². The Morgan fingerprint density at radius 2 is 1.14 bits per heavy atom. The third kappa shape index (κ3) is 3.41. The quantitative estimate of drug-likeness (QED) is 0.321. The van der Waals surface area contributed by atoms with Gasteiger partial charge in [0.15, 0.2) is 0 Å². The molecule has 1 heterocycles. The van der Waals surface area contributed by atoms with Crippen LogP contribution >= 0.6 is 0 Å². The summed E-state index contributed by atoms with van der Waals surface area (Å²) in [6, 6.07) is 35.6. The van der Waals surface area contributed by atoms with Gasteiger partial charge in [-0.05, 0) is 64.7 Å². The number of hydrogen-bond acceptors (Lipinski definition) is 1. The summed E-state index contributed by atoms with van der Waals surface area (Å²) < 4.78 is 13.4. The second kappa shape index (κ2) is 7.33. The first kappa shape index (κ1) is 17.3. The highest BCUT2D eigenvalue weighted by Gasteiger charge is 2.11. The molecule has 0 fully saturated rings. The van der Waals surface area contributed by atoms with Gasteiger partial charge in [-0.15, -0.1) is 0 Å². The SMILES string of the molecule is Fc1ccc(-c2cc(-c3ccccc3)c3cc(-c4ccccc4)ccc3n2)cc1. The molecule has 0 aliphatic heterocycles. The number of aromatic nitrogens is 1. The molecule has 5 rings (SSSR count). The smallest absolute Gasteiger partial charge is 0.123 e. The summed E-state index contributed by atoms with van der Waals surface area (Å²) in [4.78, 5) is 4.87. The molecule has 0 atom stereocenters. The molecule has 5 aromatic rings. The lowest BCUT2D eigenvalue weighted by Gasteiger charge is -2.12. The van der Waals surface area contributed by atoms with Crippen LogP contribution in [0.2, 0.25) is 0 Å². The highest BCUT2D eigenvalue weighted by molar-refractivity contribution is 5.98. The Kier molecular flexibility index (Phi) is 4.38. The Labute approximate surface area is 169 Å². The lowest BCUT2D eigenvalue weighted by molar-refractivity contribution is 0.628. The third-order valence-electron chi connectivity index (χ3n) is 5.14. The van der Waals surface area contributed by atoms with Crippen LogP contribution in [0.5, 0.6) is 0 Å². The second-order valence-corrected chi connectivity index (χ2v) is 7.03. The van der Waals surface area contributed by atoms with Crippen molar-refractivity contribution < 1.29 is 4.39 Å². The van der Waals surface area contributed by atoms with Crippen LogP contribution in [0.3, 0.4) is 0 Å². The van der Waals surface area contributed by atoms with Gasteiger partial charge in [-0.25, -0.2) is 9.37 Å². The van der Waals surface area contributed by atoms with E-state index in [4.69, 9.17) is 4.98 Å². The van der Waals surface area contributed by atoms with Gasteiger partial charge in [-0.1, -0.05) is 66.7 Å². The molecule has 1 nitrogen and oxygen atoms in total. The summed E-state index contributed by atoms with van der Waals surface area (Å²) in [5.41, 5.74) is 7.25. The number of halogens is 1. The highest BCUT2D eigenvalue weighted by atomic mass is 19.1. The van der Waals surface area contributed by atoms with Crippen LogP contribution in [0.15, 0.2) is 109 Å². The number of pyridine rings is 1. The first-order valence-electron chi connectivity index (χ1n) is 9.59. The zero-order valence-electron chi connectivity index (χ0n) is 15.7. The fourth-order valence-corrected chi connectivity index (χ4v) is 3.66. The van der Waals surface area contributed by atoms with Crippen molar-refractivity contribution in [2.75, 3.05) is 0 Å². The normalized spacial score (nSPS) is 10.9. The molecule has 0 spiro atoms. The summed E-state index contributed by atoms with van der Waals surface area (Å²) in [6.07, 6.45) is 0. The lowest BCUT2D eigenvalue weighted by Crippen LogP contribution is -1.91. The van der Waals surface area contributed by atoms with Gasteiger partial charge in [0.25, 0.3) is 0 Å². The van der Waals surface area contributed by atoms with E-state index < -0.39 is 0 Å². The maximum absolute atomic E-state index is 13.4. The topological polar surface area (TPSA) is 12.9 Å². The number of hydrogen-bond donors (Lipinski definition) is 0. The van der Waals surface area contributed by atoms with Crippen LogP contribution in [0.25, 0.3) is 44.4 Å². The van der Waals surface area contributed by atoms with Gasteiger partial charge in [0.05, 0.1) is 11.2 Å². The van der Waals surface area contributed by atoms with Crippen molar-refractivity contribution in [3.8, 4) is 33.5 Å². The van der Waals surface area contributed by atoms with Crippen LogP contribution in [-0.4, -0.2) is 4.98 Å². The first-order chi connectivity index (χ1) is 14.3. The molecule has 1 aromatic heterocycles. The van der Waals surface area contributed by atoms with Gasteiger partial charge in [-0.2, -0.15) is 0 Å². The van der Waals surface area contributed by atoms with Crippen LogP contribution in [-0.2, 0) is 0 Å². The summed E-state index contributed by atoms with van der Waals surface area (Å²) in [7, 11) is 0. The maximum atomic E-state index is 13.4. The second-order valence-electron chi connectivity index (χ2n) is 7.03. The van der Waals surface area contributed by atoms with Gasteiger partial charge in [0, 0.05) is 10.9 Å². The number of benzene rings is 4. The van der Waals surface area contributed by atoms with E-state index in [0.29, 0.717) is 0 Å². The van der Waals surface area contributed by atoms with Gasteiger partial charge in [0.2, 0.25) is 0 Å². The Bertz CT molecular complexity index is 1280. The van der Waals surface area contributed by atoms with E-state index in [0.717, 1.165) is 38.9 Å². The van der Waals surface area contributed by atoms with Crippen LogP contribution in [0.4, 0.5) is 4.39 Å². The van der Waals surface area contributed by atoms with E-state index in [1.165, 1.54) is 17.7 Å². The molecule has 4 aromatic carbocycles. The minimum atomic E-state index is -0.245. The van der Waals surface area contributed by atoms with E-state index in [-0.39, 0.29) is 5.82 Å².